The van der Waals surface area contributed by atoms with Crippen molar-refractivity contribution >= 4 is 23.4 Å². The molecule has 0 aromatic heterocycles. The topological polar surface area (TPSA) is 76.7 Å². The minimum atomic E-state index is -0.487. The van der Waals surface area contributed by atoms with Crippen molar-refractivity contribution in [1.82, 2.24) is 10.9 Å². The van der Waals surface area contributed by atoms with Crippen molar-refractivity contribution in [2.75, 3.05) is 13.2 Å². The molecule has 138 valence electrons. The summed E-state index contributed by atoms with van der Waals surface area (Å²) in [6.07, 6.45) is 0. The predicted octanol–water partition coefficient (Wildman–Crippen LogP) is 2.87. The summed E-state index contributed by atoms with van der Waals surface area (Å²) in [4.78, 5) is 23.5. The molecule has 6 nitrogen and oxygen atoms in total. The molecule has 0 aliphatic heterocycles. The van der Waals surface area contributed by atoms with Crippen LogP contribution < -0.4 is 20.3 Å². The van der Waals surface area contributed by atoms with Crippen molar-refractivity contribution in [1.29, 1.82) is 0 Å². The first kappa shape index (κ1) is 19.6. The Balaban J connectivity index is 1.71. The summed E-state index contributed by atoms with van der Waals surface area (Å²) in [6.45, 7) is 5.34. The number of halogens is 1. The summed E-state index contributed by atoms with van der Waals surface area (Å²) in [5.74, 6) is 0.184. The van der Waals surface area contributed by atoms with Gasteiger partial charge in [0.2, 0.25) is 0 Å². The lowest BCUT2D eigenvalue weighted by atomic mass is 10.1. The van der Waals surface area contributed by atoms with Crippen molar-refractivity contribution in [3.05, 3.63) is 58.1 Å². The molecule has 0 radical (unpaired) electrons. The molecule has 0 aliphatic carbocycles. The van der Waals surface area contributed by atoms with Crippen molar-refractivity contribution < 1.29 is 19.1 Å². The third kappa shape index (κ3) is 5.97. The smallest absolute Gasteiger partial charge is 0.276 e. The minimum absolute atomic E-state index is 0.208. The highest BCUT2D eigenvalue weighted by Crippen LogP contribution is 2.21. The molecular weight excluding hydrogens is 356 g/mol. The quantitative estimate of drug-likeness (QED) is 0.760. The second-order valence-electron chi connectivity index (χ2n) is 5.83. The maximum absolute atomic E-state index is 11.7. The molecule has 2 rings (SSSR count). The Bertz CT molecular complexity index is 808. The van der Waals surface area contributed by atoms with Crippen molar-refractivity contribution in [2.24, 2.45) is 0 Å². The highest BCUT2D eigenvalue weighted by atomic mass is 35.5. The monoisotopic (exact) mass is 376 g/mol. The van der Waals surface area contributed by atoms with Crippen LogP contribution in [0.1, 0.15) is 16.7 Å². The Morgan fingerprint density at radius 3 is 2.12 bits per heavy atom. The minimum Gasteiger partial charge on any atom is -0.484 e. The average molecular weight is 377 g/mol. The Morgan fingerprint density at radius 1 is 0.846 bits per heavy atom. The van der Waals surface area contributed by atoms with Crippen molar-refractivity contribution in [3.8, 4) is 11.5 Å². The molecule has 2 aromatic carbocycles. The van der Waals surface area contributed by atoms with Crippen LogP contribution in [0.3, 0.4) is 0 Å². The fourth-order valence-corrected chi connectivity index (χ4v) is 2.31. The van der Waals surface area contributed by atoms with E-state index < -0.39 is 11.8 Å². The van der Waals surface area contributed by atoms with Gasteiger partial charge in [0.05, 0.1) is 0 Å². The van der Waals surface area contributed by atoms with E-state index in [-0.39, 0.29) is 13.2 Å². The maximum atomic E-state index is 11.7. The van der Waals surface area contributed by atoms with E-state index in [1.54, 1.807) is 24.3 Å². The van der Waals surface area contributed by atoms with Gasteiger partial charge in [0.15, 0.2) is 13.2 Å². The first-order valence-corrected chi connectivity index (χ1v) is 8.39. The van der Waals surface area contributed by atoms with Gasteiger partial charge < -0.3 is 9.47 Å². The van der Waals surface area contributed by atoms with E-state index in [9.17, 15) is 9.59 Å². The molecule has 0 unspecified atom stereocenters. The van der Waals surface area contributed by atoms with Crippen LogP contribution in [-0.2, 0) is 9.59 Å². The molecule has 2 aromatic rings. The number of hydrazine groups is 1. The van der Waals surface area contributed by atoms with Crippen LogP contribution in [0.25, 0.3) is 0 Å². The fourth-order valence-electron chi connectivity index (χ4n) is 2.08. The van der Waals surface area contributed by atoms with E-state index in [0.29, 0.717) is 16.5 Å². The Labute approximate surface area is 157 Å². The Kier molecular flexibility index (Phi) is 6.86. The molecule has 2 amide bonds. The second-order valence-corrected chi connectivity index (χ2v) is 6.27. The lowest BCUT2D eigenvalue weighted by molar-refractivity contribution is -0.131. The molecule has 26 heavy (non-hydrogen) atoms. The van der Waals surface area contributed by atoms with E-state index >= 15 is 0 Å². The first-order chi connectivity index (χ1) is 12.3. The summed E-state index contributed by atoms with van der Waals surface area (Å²) >= 11 is 5.86. The van der Waals surface area contributed by atoms with Gasteiger partial charge >= 0.3 is 0 Å². The van der Waals surface area contributed by atoms with Gasteiger partial charge in [0.1, 0.15) is 11.5 Å². The van der Waals surface area contributed by atoms with E-state index in [1.807, 2.05) is 32.9 Å². The molecule has 2 N–H and O–H groups in total. The molecule has 7 heteroatoms. The normalized spacial score (nSPS) is 10.2. The summed E-state index contributed by atoms with van der Waals surface area (Å²) < 4.78 is 10.8. The molecule has 0 fully saturated rings. The standard InChI is InChI=1S/C19H21ClN2O4/c1-12-4-6-16(9-13(12)2)25-10-18(23)21-22-19(24)11-26-17-7-5-15(20)8-14(17)3/h4-9H,10-11H2,1-3H3,(H,21,23)(H,22,24). The molecule has 0 spiro atoms. The van der Waals surface area contributed by atoms with Gasteiger partial charge in [0, 0.05) is 5.02 Å². The SMILES string of the molecule is Cc1ccc(OCC(=O)NNC(=O)COc2ccc(Cl)cc2C)cc1C. The summed E-state index contributed by atoms with van der Waals surface area (Å²) in [5, 5.41) is 0.593. The molecule has 0 atom stereocenters. The van der Waals surface area contributed by atoms with E-state index in [2.05, 4.69) is 10.9 Å². The van der Waals surface area contributed by atoms with Crippen LogP contribution in [0.5, 0.6) is 11.5 Å². The number of carbonyl (C=O) groups excluding carboxylic acids is 2. The predicted molar refractivity (Wildman–Crippen MR) is 99.4 cm³/mol. The highest BCUT2D eigenvalue weighted by Gasteiger charge is 2.08. The molecule has 0 heterocycles. The molecule has 0 aliphatic rings. The van der Waals surface area contributed by atoms with Crippen LogP contribution in [-0.4, -0.2) is 25.0 Å². The maximum Gasteiger partial charge on any atom is 0.276 e. The van der Waals surface area contributed by atoms with Gasteiger partial charge in [0.25, 0.3) is 11.8 Å². The molecular formula is C19H21ClN2O4. The van der Waals surface area contributed by atoms with Crippen LogP contribution in [0.15, 0.2) is 36.4 Å². The molecule has 0 bridgehead atoms. The number of amides is 2. The third-order valence-electron chi connectivity index (χ3n) is 3.69. The Morgan fingerprint density at radius 2 is 1.50 bits per heavy atom. The fraction of sp³-hybridized carbons (Fsp3) is 0.263. The average Bonchev–Trinajstić information content (AvgIpc) is 2.60. The zero-order valence-electron chi connectivity index (χ0n) is 14.9. The van der Waals surface area contributed by atoms with Crippen molar-refractivity contribution in [2.45, 2.75) is 20.8 Å². The van der Waals surface area contributed by atoms with Gasteiger partial charge in [-0.25, -0.2) is 0 Å². The van der Waals surface area contributed by atoms with Crippen LogP contribution in [0, 0.1) is 20.8 Å². The largest absolute Gasteiger partial charge is 0.484 e. The Hall–Kier alpha value is -2.73. The molecule has 0 saturated carbocycles. The van der Waals surface area contributed by atoms with Crippen LogP contribution in [0.2, 0.25) is 5.02 Å². The number of aryl methyl sites for hydroxylation is 3. The van der Waals surface area contributed by atoms with Gasteiger partial charge in [-0.15, -0.1) is 0 Å². The number of nitrogens with one attached hydrogen (secondary N) is 2. The van der Waals surface area contributed by atoms with E-state index in [0.717, 1.165) is 16.7 Å². The highest BCUT2D eigenvalue weighted by molar-refractivity contribution is 6.30. The lowest BCUT2D eigenvalue weighted by Crippen LogP contribution is -2.45. The number of ether oxygens (including phenoxy) is 2. The second kappa shape index (κ2) is 9.10. The first-order valence-electron chi connectivity index (χ1n) is 8.02. The van der Waals surface area contributed by atoms with Gasteiger partial charge in [-0.1, -0.05) is 17.7 Å². The summed E-state index contributed by atoms with van der Waals surface area (Å²) in [7, 11) is 0. The van der Waals surface area contributed by atoms with Crippen LogP contribution >= 0.6 is 11.6 Å². The number of hydrogen-bond acceptors (Lipinski definition) is 4. The summed E-state index contributed by atoms with van der Waals surface area (Å²) in [6, 6.07) is 10.6. The van der Waals surface area contributed by atoms with Gasteiger partial charge in [-0.2, -0.15) is 0 Å². The van der Waals surface area contributed by atoms with E-state index in [4.69, 9.17) is 21.1 Å². The van der Waals surface area contributed by atoms with Crippen molar-refractivity contribution in [3.63, 3.8) is 0 Å². The van der Waals surface area contributed by atoms with Gasteiger partial charge in [-0.3, -0.25) is 20.4 Å². The number of hydrogen-bond donors (Lipinski definition) is 2. The number of benzene rings is 2. The number of carbonyl (C=O) groups is 2. The molecule has 0 saturated heterocycles. The summed E-state index contributed by atoms with van der Waals surface area (Å²) in [5.41, 5.74) is 7.58. The number of rotatable bonds is 6. The van der Waals surface area contributed by atoms with Crippen LogP contribution in [0.4, 0.5) is 0 Å². The van der Waals surface area contributed by atoms with E-state index in [1.165, 1.54) is 0 Å². The lowest BCUT2D eigenvalue weighted by Gasteiger charge is -2.11. The van der Waals surface area contributed by atoms with Gasteiger partial charge in [-0.05, 0) is 67.8 Å². The zero-order valence-corrected chi connectivity index (χ0v) is 15.6. The third-order valence-corrected chi connectivity index (χ3v) is 3.92. The zero-order chi connectivity index (χ0) is 19.1.